The summed E-state index contributed by atoms with van der Waals surface area (Å²) >= 11 is -2.55. The number of aryl methyl sites for hydroxylation is 1. The van der Waals surface area contributed by atoms with Gasteiger partial charge in [-0.25, -0.2) is 0 Å². The van der Waals surface area contributed by atoms with Crippen molar-refractivity contribution in [1.29, 1.82) is 0 Å². The van der Waals surface area contributed by atoms with Gasteiger partial charge < -0.3 is 4.55 Å². The molecular weight excluding hydrogens is 190 g/mol. The summed E-state index contributed by atoms with van der Waals surface area (Å²) in [5.74, 6) is -0.614. The fourth-order valence-corrected chi connectivity index (χ4v) is 1.19. The molecule has 0 bridgehead atoms. The molecule has 70 valence electrons. The summed E-state index contributed by atoms with van der Waals surface area (Å²) in [7, 11) is 0. The highest BCUT2D eigenvalue weighted by molar-refractivity contribution is 7.77. The van der Waals surface area contributed by atoms with E-state index in [2.05, 4.69) is 0 Å². The minimum absolute atomic E-state index is 0.337. The van der Waals surface area contributed by atoms with Crippen molar-refractivity contribution in [3.63, 3.8) is 0 Å². The molecular formula is C8H8NO3S-. The van der Waals surface area contributed by atoms with Crippen molar-refractivity contribution < 1.29 is 13.6 Å². The minimum Gasteiger partial charge on any atom is -0.755 e. The van der Waals surface area contributed by atoms with E-state index in [1.54, 1.807) is 22.9 Å². The van der Waals surface area contributed by atoms with Crippen molar-refractivity contribution in [2.24, 2.45) is 0 Å². The molecule has 1 aromatic carbocycles. The van der Waals surface area contributed by atoms with Crippen LogP contribution in [0.1, 0.15) is 15.9 Å². The lowest BCUT2D eigenvalue weighted by atomic mass is 10.1. The number of hydrogen-bond acceptors (Lipinski definition) is 3. The number of hydrogen-bond donors (Lipinski definition) is 1. The summed E-state index contributed by atoms with van der Waals surface area (Å²) in [4.78, 5) is 11.1. The molecule has 5 heteroatoms. The van der Waals surface area contributed by atoms with Gasteiger partial charge in [-0.1, -0.05) is 17.7 Å². The summed E-state index contributed by atoms with van der Waals surface area (Å²) in [5.41, 5.74) is 1.24. The standard InChI is InChI=1S/C8H9NO3S/c1-6-3-2-4-7(5-6)8(10)9-13(11)12/h2-5H,1H3,(H,9,10)(H,11,12)/p-1. The molecule has 0 heterocycles. The Hall–Kier alpha value is -1.20. The van der Waals surface area contributed by atoms with Crippen LogP contribution in [0, 0.1) is 6.92 Å². The van der Waals surface area contributed by atoms with Crippen LogP contribution in [-0.2, 0) is 11.3 Å². The largest absolute Gasteiger partial charge is 0.755 e. The lowest BCUT2D eigenvalue weighted by molar-refractivity contribution is 0.0980. The topological polar surface area (TPSA) is 69.2 Å². The van der Waals surface area contributed by atoms with Gasteiger partial charge in [-0.15, -0.1) is 0 Å². The lowest BCUT2D eigenvalue weighted by Crippen LogP contribution is -2.25. The molecule has 1 rings (SSSR count). The maximum absolute atomic E-state index is 11.1. The maximum Gasteiger partial charge on any atom is 0.262 e. The average molecular weight is 198 g/mol. The van der Waals surface area contributed by atoms with Crippen LogP contribution in [0.3, 0.4) is 0 Å². The molecule has 0 radical (unpaired) electrons. The van der Waals surface area contributed by atoms with E-state index in [1.807, 2.05) is 13.0 Å². The van der Waals surface area contributed by atoms with Gasteiger partial charge in [0.25, 0.3) is 5.91 Å². The third-order valence-corrected chi connectivity index (χ3v) is 1.81. The van der Waals surface area contributed by atoms with Gasteiger partial charge in [0.15, 0.2) is 0 Å². The summed E-state index contributed by atoms with van der Waals surface area (Å²) in [6.45, 7) is 1.82. The molecule has 0 spiro atoms. The van der Waals surface area contributed by atoms with Crippen molar-refractivity contribution in [2.75, 3.05) is 0 Å². The predicted molar refractivity (Wildman–Crippen MR) is 47.6 cm³/mol. The van der Waals surface area contributed by atoms with Crippen LogP contribution in [0.5, 0.6) is 0 Å². The zero-order valence-corrected chi connectivity index (χ0v) is 7.76. The van der Waals surface area contributed by atoms with Crippen LogP contribution in [-0.4, -0.2) is 14.7 Å². The summed E-state index contributed by atoms with van der Waals surface area (Å²) in [6.07, 6.45) is 0. The summed E-state index contributed by atoms with van der Waals surface area (Å²) in [5, 5.41) is 0. The molecule has 0 aliphatic carbocycles. The molecule has 1 aromatic rings. The smallest absolute Gasteiger partial charge is 0.262 e. The van der Waals surface area contributed by atoms with E-state index in [1.165, 1.54) is 0 Å². The average Bonchev–Trinajstić information content (AvgIpc) is 2.03. The molecule has 1 N–H and O–H groups in total. The Kier molecular flexibility index (Phi) is 3.16. The number of carbonyl (C=O) groups excluding carboxylic acids is 1. The number of rotatable bonds is 2. The number of nitrogens with one attached hydrogen (secondary N) is 1. The molecule has 0 saturated heterocycles. The molecule has 0 saturated carbocycles. The molecule has 0 aromatic heterocycles. The first-order chi connectivity index (χ1) is 6.09. The van der Waals surface area contributed by atoms with Crippen molar-refractivity contribution in [1.82, 2.24) is 4.72 Å². The van der Waals surface area contributed by atoms with Gasteiger partial charge in [-0.2, -0.15) is 0 Å². The Labute approximate surface area is 78.4 Å². The number of benzene rings is 1. The van der Waals surface area contributed by atoms with E-state index in [9.17, 15) is 13.6 Å². The van der Waals surface area contributed by atoms with Gasteiger partial charge in [0.1, 0.15) is 0 Å². The maximum atomic E-state index is 11.1. The predicted octanol–water partition coefficient (Wildman–Crippen LogP) is 0.519. The second kappa shape index (κ2) is 4.15. The SMILES string of the molecule is Cc1cccc(C(=O)NS(=O)[O-])c1. The van der Waals surface area contributed by atoms with Crippen LogP contribution in [0.15, 0.2) is 24.3 Å². The van der Waals surface area contributed by atoms with Gasteiger partial charge in [0.05, 0.1) is 0 Å². The first-order valence-electron chi connectivity index (χ1n) is 3.56. The first-order valence-corrected chi connectivity index (χ1v) is 4.64. The number of amides is 1. The highest BCUT2D eigenvalue weighted by Gasteiger charge is 2.03. The third-order valence-electron chi connectivity index (χ3n) is 1.46. The minimum atomic E-state index is -2.55. The zero-order valence-electron chi connectivity index (χ0n) is 6.94. The van der Waals surface area contributed by atoms with Gasteiger partial charge in [0.2, 0.25) is 0 Å². The van der Waals surface area contributed by atoms with Crippen LogP contribution < -0.4 is 4.72 Å². The monoisotopic (exact) mass is 198 g/mol. The quantitative estimate of drug-likeness (QED) is 0.704. The second-order valence-corrected chi connectivity index (χ2v) is 3.21. The normalized spacial score (nSPS) is 12.2. The van der Waals surface area contributed by atoms with Gasteiger partial charge in [-0.05, 0) is 19.1 Å². The van der Waals surface area contributed by atoms with E-state index in [4.69, 9.17) is 0 Å². The van der Waals surface area contributed by atoms with E-state index < -0.39 is 17.2 Å². The van der Waals surface area contributed by atoms with Gasteiger partial charge in [0, 0.05) is 16.8 Å². The second-order valence-electron chi connectivity index (χ2n) is 2.54. The summed E-state index contributed by atoms with van der Waals surface area (Å²) < 4.78 is 22.0. The Morgan fingerprint density at radius 1 is 1.54 bits per heavy atom. The lowest BCUT2D eigenvalue weighted by Gasteiger charge is -2.06. The Balaban J connectivity index is 2.83. The highest BCUT2D eigenvalue weighted by Crippen LogP contribution is 2.03. The molecule has 4 nitrogen and oxygen atoms in total. The number of carbonyl (C=O) groups is 1. The first kappa shape index (κ1) is 9.88. The van der Waals surface area contributed by atoms with E-state index in [0.717, 1.165) is 5.56 Å². The van der Waals surface area contributed by atoms with Crippen molar-refractivity contribution in [3.05, 3.63) is 35.4 Å². The van der Waals surface area contributed by atoms with E-state index in [-0.39, 0.29) is 0 Å². The molecule has 13 heavy (non-hydrogen) atoms. The Morgan fingerprint density at radius 2 is 2.23 bits per heavy atom. The van der Waals surface area contributed by atoms with Crippen LogP contribution >= 0.6 is 0 Å². The van der Waals surface area contributed by atoms with E-state index >= 15 is 0 Å². The summed E-state index contributed by atoms with van der Waals surface area (Å²) in [6, 6.07) is 6.68. The molecule has 1 atom stereocenters. The fraction of sp³-hybridized carbons (Fsp3) is 0.125. The van der Waals surface area contributed by atoms with Crippen LogP contribution in [0.2, 0.25) is 0 Å². The highest BCUT2D eigenvalue weighted by atomic mass is 32.2. The van der Waals surface area contributed by atoms with Crippen molar-refractivity contribution in [3.8, 4) is 0 Å². The zero-order chi connectivity index (χ0) is 9.84. The Bertz CT molecular complexity index is 351. The van der Waals surface area contributed by atoms with Crippen LogP contribution in [0.25, 0.3) is 0 Å². The van der Waals surface area contributed by atoms with Gasteiger partial charge >= 0.3 is 0 Å². The third kappa shape index (κ3) is 2.96. The molecule has 1 unspecified atom stereocenters. The fourth-order valence-electron chi connectivity index (χ4n) is 0.921. The Morgan fingerprint density at radius 3 is 2.77 bits per heavy atom. The van der Waals surface area contributed by atoms with Gasteiger partial charge in [-0.3, -0.25) is 13.7 Å². The molecule has 0 aliphatic heterocycles. The van der Waals surface area contributed by atoms with Crippen LogP contribution in [0.4, 0.5) is 0 Å². The molecule has 0 aliphatic rings. The van der Waals surface area contributed by atoms with E-state index in [0.29, 0.717) is 5.56 Å². The van der Waals surface area contributed by atoms with Crippen molar-refractivity contribution >= 4 is 17.2 Å². The van der Waals surface area contributed by atoms with Crippen molar-refractivity contribution in [2.45, 2.75) is 6.92 Å². The molecule has 0 fully saturated rings. The molecule has 1 amide bonds.